The molecule has 4 heteroatoms. The Bertz CT molecular complexity index is 329. The Balaban J connectivity index is 0.00000256. The van der Waals surface area contributed by atoms with E-state index in [4.69, 9.17) is 5.73 Å². The molecule has 0 heterocycles. The minimum atomic E-state index is -0.462. The van der Waals surface area contributed by atoms with Crippen molar-refractivity contribution in [1.29, 1.82) is 0 Å². The number of carbonyl (C=O) groups excluding carboxylic acids is 1. The first-order valence-corrected chi connectivity index (χ1v) is 5.73. The number of hydrogen-bond acceptors (Lipinski definition) is 2. The molecule has 0 aliphatic carbocycles. The van der Waals surface area contributed by atoms with Crippen molar-refractivity contribution < 1.29 is 4.79 Å². The maximum Gasteiger partial charge on any atom is 0.237 e. The van der Waals surface area contributed by atoms with Crippen LogP contribution < -0.4 is 11.1 Å². The van der Waals surface area contributed by atoms with Crippen LogP contribution in [-0.2, 0) is 11.2 Å². The highest BCUT2D eigenvalue weighted by atomic mass is 35.5. The van der Waals surface area contributed by atoms with Crippen LogP contribution in [0, 0.1) is 0 Å². The van der Waals surface area contributed by atoms with Crippen molar-refractivity contribution in [3.05, 3.63) is 35.9 Å². The van der Waals surface area contributed by atoms with Gasteiger partial charge in [0, 0.05) is 6.04 Å². The first-order valence-electron chi connectivity index (χ1n) is 5.73. The molecule has 1 amide bonds. The van der Waals surface area contributed by atoms with Crippen molar-refractivity contribution in [2.45, 2.75) is 38.8 Å². The van der Waals surface area contributed by atoms with Crippen molar-refractivity contribution >= 4 is 18.3 Å². The van der Waals surface area contributed by atoms with Crippen LogP contribution in [0.15, 0.2) is 30.3 Å². The Morgan fingerprint density at radius 2 is 1.94 bits per heavy atom. The molecular formula is C13H21ClN2O. The van der Waals surface area contributed by atoms with E-state index in [2.05, 4.69) is 5.32 Å². The highest BCUT2D eigenvalue weighted by molar-refractivity contribution is 5.85. The van der Waals surface area contributed by atoms with Crippen LogP contribution in [-0.4, -0.2) is 18.0 Å². The first-order chi connectivity index (χ1) is 7.63. The molecule has 96 valence electrons. The lowest BCUT2D eigenvalue weighted by Gasteiger charge is -2.16. The maximum atomic E-state index is 11.7. The van der Waals surface area contributed by atoms with E-state index in [1.165, 1.54) is 0 Å². The molecule has 0 aliphatic heterocycles. The van der Waals surface area contributed by atoms with Crippen LogP contribution in [0.25, 0.3) is 0 Å². The minimum Gasteiger partial charge on any atom is -0.352 e. The smallest absolute Gasteiger partial charge is 0.237 e. The first kappa shape index (κ1) is 15.9. The summed E-state index contributed by atoms with van der Waals surface area (Å²) < 4.78 is 0. The van der Waals surface area contributed by atoms with Gasteiger partial charge >= 0.3 is 0 Å². The Kier molecular flexibility index (Phi) is 7.59. The lowest BCUT2D eigenvalue weighted by Crippen LogP contribution is -2.45. The average molecular weight is 257 g/mol. The zero-order valence-corrected chi connectivity index (χ0v) is 11.2. The van der Waals surface area contributed by atoms with Gasteiger partial charge in [0.1, 0.15) is 0 Å². The second-order valence-electron chi connectivity index (χ2n) is 4.11. The summed E-state index contributed by atoms with van der Waals surface area (Å²) in [5, 5.41) is 2.89. The normalized spacial score (nSPS) is 13.4. The largest absolute Gasteiger partial charge is 0.352 e. The predicted octanol–water partition coefficient (Wildman–Crippen LogP) is 1.89. The number of nitrogens with two attached hydrogens (primary N) is 1. The quantitative estimate of drug-likeness (QED) is 0.845. The molecule has 0 aromatic heterocycles. The van der Waals surface area contributed by atoms with Crippen LogP contribution in [0.1, 0.15) is 25.8 Å². The van der Waals surface area contributed by atoms with E-state index in [-0.39, 0.29) is 24.4 Å². The third-order valence-electron chi connectivity index (χ3n) is 2.64. The van der Waals surface area contributed by atoms with Gasteiger partial charge in [-0.15, -0.1) is 12.4 Å². The van der Waals surface area contributed by atoms with Gasteiger partial charge in [-0.25, -0.2) is 0 Å². The SMILES string of the molecule is CCC(C)NC(=O)C(N)Cc1ccccc1.Cl. The Morgan fingerprint density at radius 1 is 1.35 bits per heavy atom. The number of amides is 1. The molecule has 0 aliphatic rings. The molecule has 3 N–H and O–H groups in total. The van der Waals surface area contributed by atoms with Crippen LogP contribution in [0.2, 0.25) is 0 Å². The number of halogens is 1. The summed E-state index contributed by atoms with van der Waals surface area (Å²) in [5.74, 6) is -0.0711. The van der Waals surface area contributed by atoms with E-state index < -0.39 is 6.04 Å². The van der Waals surface area contributed by atoms with E-state index in [1.54, 1.807) is 0 Å². The van der Waals surface area contributed by atoms with Gasteiger partial charge in [0.25, 0.3) is 0 Å². The standard InChI is InChI=1S/C13H20N2O.ClH/c1-3-10(2)15-13(16)12(14)9-11-7-5-4-6-8-11;/h4-8,10,12H,3,9,14H2,1-2H3,(H,15,16);1H. The summed E-state index contributed by atoms with van der Waals surface area (Å²) >= 11 is 0. The zero-order valence-electron chi connectivity index (χ0n) is 10.3. The molecule has 0 bridgehead atoms. The number of benzene rings is 1. The van der Waals surface area contributed by atoms with Gasteiger partial charge in [-0.2, -0.15) is 0 Å². The fourth-order valence-corrected chi connectivity index (χ4v) is 1.41. The number of carbonyl (C=O) groups is 1. The molecule has 2 unspecified atom stereocenters. The number of hydrogen-bond donors (Lipinski definition) is 2. The van der Waals surface area contributed by atoms with Crippen molar-refractivity contribution in [1.82, 2.24) is 5.32 Å². The number of rotatable bonds is 5. The van der Waals surface area contributed by atoms with Crippen LogP contribution in [0.4, 0.5) is 0 Å². The van der Waals surface area contributed by atoms with Crippen molar-refractivity contribution in [3.8, 4) is 0 Å². The highest BCUT2D eigenvalue weighted by Crippen LogP contribution is 2.02. The fraction of sp³-hybridized carbons (Fsp3) is 0.462. The Labute approximate surface area is 109 Å². The second kappa shape index (κ2) is 8.09. The third kappa shape index (κ3) is 5.71. The molecule has 0 fully saturated rings. The molecule has 1 aromatic rings. The molecule has 0 saturated carbocycles. The summed E-state index contributed by atoms with van der Waals surface area (Å²) in [4.78, 5) is 11.7. The summed E-state index contributed by atoms with van der Waals surface area (Å²) in [6, 6.07) is 9.55. The van der Waals surface area contributed by atoms with Crippen molar-refractivity contribution in [3.63, 3.8) is 0 Å². The van der Waals surface area contributed by atoms with Gasteiger partial charge in [0.15, 0.2) is 0 Å². The predicted molar refractivity (Wildman–Crippen MR) is 73.3 cm³/mol. The third-order valence-corrected chi connectivity index (χ3v) is 2.64. The minimum absolute atomic E-state index is 0. The monoisotopic (exact) mass is 256 g/mol. The van der Waals surface area contributed by atoms with Gasteiger partial charge in [0.2, 0.25) is 5.91 Å². The highest BCUT2D eigenvalue weighted by Gasteiger charge is 2.15. The van der Waals surface area contributed by atoms with E-state index >= 15 is 0 Å². The van der Waals surface area contributed by atoms with E-state index in [0.29, 0.717) is 6.42 Å². The summed E-state index contributed by atoms with van der Waals surface area (Å²) in [7, 11) is 0. The van der Waals surface area contributed by atoms with Crippen molar-refractivity contribution in [2.75, 3.05) is 0 Å². The molecule has 0 saturated heterocycles. The van der Waals surface area contributed by atoms with Crippen LogP contribution in [0.5, 0.6) is 0 Å². The summed E-state index contributed by atoms with van der Waals surface area (Å²) in [6.45, 7) is 4.01. The topological polar surface area (TPSA) is 55.1 Å². The fourth-order valence-electron chi connectivity index (χ4n) is 1.41. The molecule has 2 atom stereocenters. The van der Waals surface area contributed by atoms with E-state index in [1.807, 2.05) is 44.2 Å². The van der Waals surface area contributed by atoms with Gasteiger partial charge in [0.05, 0.1) is 6.04 Å². The molecule has 1 aromatic carbocycles. The molecule has 0 spiro atoms. The summed E-state index contributed by atoms with van der Waals surface area (Å²) in [5.41, 5.74) is 6.93. The molecule has 17 heavy (non-hydrogen) atoms. The van der Waals surface area contributed by atoms with Crippen LogP contribution in [0.3, 0.4) is 0 Å². The molecule has 0 radical (unpaired) electrons. The van der Waals surface area contributed by atoms with Gasteiger partial charge in [-0.1, -0.05) is 37.3 Å². The Morgan fingerprint density at radius 3 is 2.47 bits per heavy atom. The lowest BCUT2D eigenvalue weighted by atomic mass is 10.1. The Hall–Kier alpha value is -1.06. The summed E-state index contributed by atoms with van der Waals surface area (Å²) in [6.07, 6.45) is 1.51. The van der Waals surface area contributed by atoms with Crippen molar-refractivity contribution in [2.24, 2.45) is 5.73 Å². The van der Waals surface area contributed by atoms with Crippen LogP contribution >= 0.6 is 12.4 Å². The van der Waals surface area contributed by atoms with Gasteiger partial charge in [-0.05, 0) is 25.3 Å². The molecule has 3 nitrogen and oxygen atoms in total. The molecule has 1 rings (SSSR count). The zero-order chi connectivity index (χ0) is 12.0. The van der Waals surface area contributed by atoms with E-state index in [9.17, 15) is 4.79 Å². The maximum absolute atomic E-state index is 11.7. The molecular weight excluding hydrogens is 236 g/mol. The lowest BCUT2D eigenvalue weighted by molar-refractivity contribution is -0.122. The van der Waals surface area contributed by atoms with E-state index in [0.717, 1.165) is 12.0 Å². The number of nitrogens with one attached hydrogen (secondary N) is 1. The second-order valence-corrected chi connectivity index (χ2v) is 4.11. The van der Waals surface area contributed by atoms with Gasteiger partial charge < -0.3 is 11.1 Å². The van der Waals surface area contributed by atoms with Gasteiger partial charge in [-0.3, -0.25) is 4.79 Å². The average Bonchev–Trinajstić information content (AvgIpc) is 2.30.